The summed E-state index contributed by atoms with van der Waals surface area (Å²) in [7, 11) is -3.42. The Morgan fingerprint density at radius 3 is 2.50 bits per heavy atom. The predicted molar refractivity (Wildman–Crippen MR) is 134 cm³/mol. The Balaban J connectivity index is 1.67. The van der Waals surface area contributed by atoms with Crippen molar-refractivity contribution in [2.24, 2.45) is 5.73 Å². The number of pyridine rings is 2. The van der Waals surface area contributed by atoms with Crippen molar-refractivity contribution in [3.63, 3.8) is 0 Å². The van der Waals surface area contributed by atoms with E-state index in [-0.39, 0.29) is 10.9 Å². The highest BCUT2D eigenvalue weighted by atomic mass is 32.2. The Hall–Kier alpha value is -3.99. The maximum Gasteiger partial charge on any atom is 0.250 e. The van der Waals surface area contributed by atoms with Crippen molar-refractivity contribution in [2.45, 2.75) is 31.3 Å². The number of benzene rings is 1. The first kappa shape index (κ1) is 25.1. The second-order valence-electron chi connectivity index (χ2n) is 8.43. The standard InChI is InChI=1S/C25H27N5O5S/c1-3-30(22-10-6-17(14-27-22)25(26)32)19-7-9-21(18(13-19)16-29-12-4-5-24(29)31)35-20-8-11-23(28-15-20)36(2,33)34/h6-11,13-15H,3-5,12,16H2,1-2H3,(H2,26,32). The van der Waals surface area contributed by atoms with Gasteiger partial charge in [0.05, 0.1) is 11.8 Å². The van der Waals surface area contributed by atoms with E-state index >= 15 is 0 Å². The molecule has 4 rings (SSSR count). The molecule has 0 atom stereocenters. The summed E-state index contributed by atoms with van der Waals surface area (Å²) in [4.78, 5) is 35.8. The lowest BCUT2D eigenvalue weighted by Gasteiger charge is -2.25. The summed E-state index contributed by atoms with van der Waals surface area (Å²) in [6, 6.07) is 11.9. The molecule has 11 heteroatoms. The summed E-state index contributed by atoms with van der Waals surface area (Å²) in [5.41, 5.74) is 7.26. The van der Waals surface area contributed by atoms with E-state index in [1.54, 1.807) is 29.2 Å². The van der Waals surface area contributed by atoms with Crippen LogP contribution in [0.1, 0.15) is 35.7 Å². The fraction of sp³-hybridized carbons (Fsp3) is 0.280. The van der Waals surface area contributed by atoms with Crippen molar-refractivity contribution >= 4 is 33.2 Å². The van der Waals surface area contributed by atoms with Crippen LogP contribution in [0, 0.1) is 0 Å². The summed E-state index contributed by atoms with van der Waals surface area (Å²) in [6.45, 7) is 3.61. The fourth-order valence-corrected chi connectivity index (χ4v) is 4.53. The van der Waals surface area contributed by atoms with Gasteiger partial charge >= 0.3 is 0 Å². The number of primary amides is 1. The topological polar surface area (TPSA) is 136 Å². The first-order valence-electron chi connectivity index (χ1n) is 11.4. The van der Waals surface area contributed by atoms with Crippen LogP contribution in [0.25, 0.3) is 0 Å². The number of hydrogen-bond acceptors (Lipinski definition) is 8. The van der Waals surface area contributed by atoms with Crippen LogP contribution in [0.4, 0.5) is 11.5 Å². The molecule has 2 aromatic heterocycles. The van der Waals surface area contributed by atoms with Gasteiger partial charge in [-0.1, -0.05) is 0 Å². The Labute approximate surface area is 209 Å². The largest absolute Gasteiger partial charge is 0.455 e. The number of carbonyl (C=O) groups is 2. The van der Waals surface area contributed by atoms with Gasteiger partial charge in [-0.15, -0.1) is 0 Å². The molecule has 1 aromatic carbocycles. The van der Waals surface area contributed by atoms with E-state index in [9.17, 15) is 18.0 Å². The normalized spacial score (nSPS) is 13.6. The highest BCUT2D eigenvalue weighted by Crippen LogP contribution is 2.33. The minimum Gasteiger partial charge on any atom is -0.455 e. The molecule has 0 radical (unpaired) electrons. The molecule has 3 heterocycles. The van der Waals surface area contributed by atoms with Gasteiger partial charge in [0.25, 0.3) is 0 Å². The van der Waals surface area contributed by atoms with Crippen molar-refractivity contribution in [1.82, 2.24) is 14.9 Å². The maximum absolute atomic E-state index is 12.3. The molecule has 1 saturated heterocycles. The number of nitrogens with zero attached hydrogens (tertiary/aromatic N) is 4. The van der Waals surface area contributed by atoms with Gasteiger partial charge in [0.15, 0.2) is 14.9 Å². The Bertz CT molecular complexity index is 1370. The second kappa shape index (κ2) is 10.3. The van der Waals surface area contributed by atoms with E-state index in [0.717, 1.165) is 23.9 Å². The highest BCUT2D eigenvalue weighted by molar-refractivity contribution is 7.90. The van der Waals surface area contributed by atoms with Crippen molar-refractivity contribution in [2.75, 3.05) is 24.2 Å². The first-order chi connectivity index (χ1) is 17.2. The molecule has 3 aromatic rings. The lowest BCUT2D eigenvalue weighted by atomic mass is 10.1. The summed E-state index contributed by atoms with van der Waals surface area (Å²) in [5, 5.41) is -0.0403. The number of ether oxygens (including phenoxy) is 1. The Kier molecular flexibility index (Phi) is 7.20. The molecule has 0 bridgehead atoms. The molecule has 1 aliphatic rings. The molecule has 188 valence electrons. The van der Waals surface area contributed by atoms with Gasteiger partial charge in [0.2, 0.25) is 11.8 Å². The lowest BCUT2D eigenvalue weighted by molar-refractivity contribution is -0.128. The first-order valence-corrected chi connectivity index (χ1v) is 13.3. The van der Waals surface area contributed by atoms with Crippen LogP contribution in [-0.4, -0.2) is 54.4 Å². The van der Waals surface area contributed by atoms with Crippen LogP contribution in [0.3, 0.4) is 0 Å². The molecule has 10 nitrogen and oxygen atoms in total. The molecule has 0 unspecified atom stereocenters. The molecule has 1 fully saturated rings. The molecular formula is C25H27N5O5S. The van der Waals surface area contributed by atoms with Crippen LogP contribution in [0.2, 0.25) is 0 Å². The van der Waals surface area contributed by atoms with E-state index in [0.29, 0.717) is 48.9 Å². The fourth-order valence-electron chi connectivity index (χ4n) is 3.98. The molecule has 0 aliphatic carbocycles. The van der Waals surface area contributed by atoms with Gasteiger partial charge in [-0.05, 0) is 55.8 Å². The SMILES string of the molecule is CCN(c1ccc(Oc2ccc(S(C)(=O)=O)nc2)c(CN2CCCC2=O)c1)c1ccc(C(N)=O)cn1. The Morgan fingerprint density at radius 2 is 1.94 bits per heavy atom. The number of anilines is 2. The van der Waals surface area contributed by atoms with Gasteiger partial charge in [-0.2, -0.15) is 0 Å². The van der Waals surface area contributed by atoms with Crippen molar-refractivity contribution < 1.29 is 22.7 Å². The van der Waals surface area contributed by atoms with E-state index < -0.39 is 15.7 Å². The molecule has 1 aliphatic heterocycles. The molecule has 0 spiro atoms. The summed E-state index contributed by atoms with van der Waals surface area (Å²) < 4.78 is 29.5. The highest BCUT2D eigenvalue weighted by Gasteiger charge is 2.23. The van der Waals surface area contributed by atoms with E-state index in [4.69, 9.17) is 10.5 Å². The minimum atomic E-state index is -3.42. The third-order valence-corrected chi connectivity index (χ3v) is 6.83. The predicted octanol–water partition coefficient (Wildman–Crippen LogP) is 3.05. The number of aromatic nitrogens is 2. The quantitative estimate of drug-likeness (QED) is 0.465. The minimum absolute atomic E-state index is 0.0403. The monoisotopic (exact) mass is 509 g/mol. The summed E-state index contributed by atoms with van der Waals surface area (Å²) >= 11 is 0. The van der Waals surface area contributed by atoms with Crippen LogP contribution in [0.5, 0.6) is 11.5 Å². The maximum atomic E-state index is 12.3. The van der Waals surface area contributed by atoms with Crippen molar-refractivity contribution in [3.8, 4) is 11.5 Å². The zero-order chi connectivity index (χ0) is 25.9. The van der Waals surface area contributed by atoms with Gasteiger partial charge < -0.3 is 20.3 Å². The summed E-state index contributed by atoms with van der Waals surface area (Å²) in [6.07, 6.45) is 5.22. The van der Waals surface area contributed by atoms with E-state index in [2.05, 4.69) is 9.97 Å². The van der Waals surface area contributed by atoms with Crippen LogP contribution in [-0.2, 0) is 21.2 Å². The third kappa shape index (κ3) is 5.62. The lowest BCUT2D eigenvalue weighted by Crippen LogP contribution is -2.24. The molecule has 2 N–H and O–H groups in total. The van der Waals surface area contributed by atoms with Gasteiger partial charge in [0.1, 0.15) is 17.3 Å². The van der Waals surface area contributed by atoms with Crippen molar-refractivity contribution in [1.29, 1.82) is 0 Å². The second-order valence-corrected chi connectivity index (χ2v) is 10.4. The average Bonchev–Trinajstić information content (AvgIpc) is 3.25. The van der Waals surface area contributed by atoms with E-state index in [1.807, 2.05) is 24.0 Å². The summed E-state index contributed by atoms with van der Waals surface area (Å²) in [5.74, 6) is 1.08. The molecule has 36 heavy (non-hydrogen) atoms. The van der Waals surface area contributed by atoms with Gasteiger partial charge in [0, 0.05) is 49.8 Å². The van der Waals surface area contributed by atoms with Gasteiger partial charge in [-0.3, -0.25) is 9.59 Å². The molecule has 2 amide bonds. The smallest absolute Gasteiger partial charge is 0.250 e. The van der Waals surface area contributed by atoms with Crippen molar-refractivity contribution in [3.05, 3.63) is 66.0 Å². The Morgan fingerprint density at radius 1 is 1.14 bits per heavy atom. The zero-order valence-electron chi connectivity index (χ0n) is 20.0. The number of nitrogens with two attached hydrogens (primary N) is 1. The average molecular weight is 510 g/mol. The van der Waals surface area contributed by atoms with Crippen LogP contribution >= 0.6 is 0 Å². The number of amides is 2. The number of hydrogen-bond donors (Lipinski definition) is 1. The number of sulfone groups is 1. The number of carbonyl (C=O) groups excluding carboxylic acids is 2. The van der Waals surface area contributed by atoms with Gasteiger partial charge in [-0.25, -0.2) is 18.4 Å². The van der Waals surface area contributed by atoms with E-state index in [1.165, 1.54) is 18.5 Å². The van der Waals surface area contributed by atoms with Crippen LogP contribution in [0.15, 0.2) is 59.9 Å². The molecular weight excluding hydrogens is 482 g/mol. The van der Waals surface area contributed by atoms with Crippen LogP contribution < -0.4 is 15.4 Å². The number of rotatable bonds is 9. The number of likely N-dealkylation sites (tertiary alicyclic amines) is 1. The molecule has 0 saturated carbocycles. The third-order valence-electron chi connectivity index (χ3n) is 5.83. The zero-order valence-corrected chi connectivity index (χ0v) is 20.9.